The number of hydrogen-bond donors (Lipinski definition) is 0. The molecule has 0 fully saturated rings. The van der Waals surface area contributed by atoms with E-state index in [-0.39, 0.29) is 5.82 Å². The van der Waals surface area contributed by atoms with Crippen molar-refractivity contribution in [2.75, 3.05) is 0 Å². The van der Waals surface area contributed by atoms with Crippen LogP contribution in [0.3, 0.4) is 0 Å². The summed E-state index contributed by atoms with van der Waals surface area (Å²) in [6.45, 7) is 8.01. The van der Waals surface area contributed by atoms with Gasteiger partial charge in [-0.3, -0.25) is 0 Å². The highest BCUT2D eigenvalue weighted by atomic mass is 19.1. The first-order valence-electron chi connectivity index (χ1n) is 6.47. The smallest absolute Gasteiger partial charge is 0.144 e. The number of nitrogens with zero attached hydrogens (tertiary/aromatic N) is 2. The second-order valence-corrected chi connectivity index (χ2v) is 4.91. The maximum absolute atomic E-state index is 13.1. The van der Waals surface area contributed by atoms with Gasteiger partial charge in [0.15, 0.2) is 0 Å². The summed E-state index contributed by atoms with van der Waals surface area (Å²) in [5.41, 5.74) is 4.94. The Bertz CT molecular complexity index is 798. The van der Waals surface area contributed by atoms with E-state index in [0.29, 0.717) is 0 Å². The third-order valence-electron chi connectivity index (χ3n) is 3.48. The van der Waals surface area contributed by atoms with E-state index >= 15 is 0 Å². The first-order chi connectivity index (χ1) is 9.59. The Morgan fingerprint density at radius 3 is 2.55 bits per heavy atom. The van der Waals surface area contributed by atoms with Gasteiger partial charge in [0.05, 0.1) is 0 Å². The highest BCUT2D eigenvalue weighted by molar-refractivity contribution is 5.97. The predicted octanol–water partition coefficient (Wildman–Crippen LogP) is 4.64. The molecule has 3 heteroatoms. The SMILES string of the molecule is C=C(C)n1c(C)c(-c2ccc(F)cc2)c2cccnc21. The van der Waals surface area contributed by atoms with Crippen molar-refractivity contribution in [1.29, 1.82) is 0 Å². The van der Waals surface area contributed by atoms with Gasteiger partial charge in [0.25, 0.3) is 0 Å². The van der Waals surface area contributed by atoms with Gasteiger partial charge in [-0.2, -0.15) is 0 Å². The number of benzene rings is 1. The first kappa shape index (κ1) is 12.6. The molecule has 2 heterocycles. The maximum Gasteiger partial charge on any atom is 0.144 e. The molecule has 0 aliphatic heterocycles. The molecule has 2 nitrogen and oxygen atoms in total. The van der Waals surface area contributed by atoms with E-state index in [2.05, 4.69) is 11.6 Å². The predicted molar refractivity (Wildman–Crippen MR) is 80.9 cm³/mol. The second kappa shape index (κ2) is 4.60. The molecule has 0 N–H and O–H groups in total. The Balaban J connectivity index is 2.38. The topological polar surface area (TPSA) is 17.8 Å². The van der Waals surface area contributed by atoms with Gasteiger partial charge in [0.1, 0.15) is 11.5 Å². The molecule has 0 amide bonds. The summed E-state index contributed by atoms with van der Waals surface area (Å²) in [5.74, 6) is -0.229. The van der Waals surface area contributed by atoms with E-state index < -0.39 is 0 Å². The summed E-state index contributed by atoms with van der Waals surface area (Å²) < 4.78 is 15.2. The average molecular weight is 266 g/mol. The van der Waals surface area contributed by atoms with Crippen LogP contribution in [0.4, 0.5) is 4.39 Å². The van der Waals surface area contributed by atoms with Crippen molar-refractivity contribution in [3.8, 4) is 11.1 Å². The number of fused-ring (bicyclic) bond motifs is 1. The summed E-state index contributed by atoms with van der Waals surface area (Å²) in [4.78, 5) is 4.46. The van der Waals surface area contributed by atoms with Crippen molar-refractivity contribution in [2.45, 2.75) is 13.8 Å². The van der Waals surface area contributed by atoms with Gasteiger partial charge in [0.2, 0.25) is 0 Å². The van der Waals surface area contributed by atoms with E-state index in [1.54, 1.807) is 18.3 Å². The van der Waals surface area contributed by atoms with E-state index in [0.717, 1.165) is 33.6 Å². The van der Waals surface area contributed by atoms with Crippen LogP contribution in [-0.2, 0) is 0 Å². The van der Waals surface area contributed by atoms with Crippen LogP contribution in [0.1, 0.15) is 12.6 Å². The highest BCUT2D eigenvalue weighted by Crippen LogP contribution is 2.35. The lowest BCUT2D eigenvalue weighted by Gasteiger charge is -2.06. The minimum Gasteiger partial charge on any atom is -0.303 e. The molecule has 0 saturated carbocycles. The minimum absolute atomic E-state index is 0.229. The van der Waals surface area contributed by atoms with Crippen LogP contribution >= 0.6 is 0 Å². The fourth-order valence-corrected chi connectivity index (χ4v) is 2.68. The van der Waals surface area contributed by atoms with Crippen molar-refractivity contribution >= 4 is 16.7 Å². The average Bonchev–Trinajstić information content (AvgIpc) is 2.72. The largest absolute Gasteiger partial charge is 0.303 e. The molecule has 20 heavy (non-hydrogen) atoms. The summed E-state index contributed by atoms with van der Waals surface area (Å²) >= 11 is 0. The standard InChI is InChI=1S/C17H15FN2/c1-11(2)20-12(3)16(13-6-8-14(18)9-7-13)15-5-4-10-19-17(15)20/h4-10H,1H2,2-3H3. The summed E-state index contributed by atoms with van der Waals surface area (Å²) in [7, 11) is 0. The molecule has 0 unspecified atom stereocenters. The molecule has 0 aliphatic rings. The first-order valence-corrected chi connectivity index (χ1v) is 6.47. The zero-order valence-corrected chi connectivity index (χ0v) is 11.5. The molecular weight excluding hydrogens is 251 g/mol. The molecule has 0 radical (unpaired) electrons. The molecule has 1 aromatic carbocycles. The molecule has 0 bridgehead atoms. The Labute approximate surface area is 117 Å². The number of rotatable bonds is 2. The quantitative estimate of drug-likeness (QED) is 0.660. The van der Waals surface area contributed by atoms with Crippen LogP contribution < -0.4 is 0 Å². The lowest BCUT2D eigenvalue weighted by molar-refractivity contribution is 0.628. The molecule has 2 aromatic heterocycles. The monoisotopic (exact) mass is 266 g/mol. The van der Waals surface area contributed by atoms with Crippen LogP contribution in [0.15, 0.2) is 49.2 Å². The van der Waals surface area contributed by atoms with Gasteiger partial charge in [0, 0.05) is 28.5 Å². The van der Waals surface area contributed by atoms with Gasteiger partial charge in [-0.05, 0) is 43.7 Å². The molecule has 0 spiro atoms. The number of hydrogen-bond acceptors (Lipinski definition) is 1. The molecule has 0 aliphatic carbocycles. The maximum atomic E-state index is 13.1. The van der Waals surface area contributed by atoms with Crippen LogP contribution in [0.5, 0.6) is 0 Å². The fraction of sp³-hybridized carbons (Fsp3) is 0.118. The lowest BCUT2D eigenvalue weighted by atomic mass is 10.0. The Morgan fingerprint density at radius 2 is 1.90 bits per heavy atom. The zero-order valence-electron chi connectivity index (χ0n) is 11.5. The van der Waals surface area contributed by atoms with Crippen molar-refractivity contribution in [2.24, 2.45) is 0 Å². The Morgan fingerprint density at radius 1 is 1.20 bits per heavy atom. The number of aromatic nitrogens is 2. The Hall–Kier alpha value is -2.42. The van der Waals surface area contributed by atoms with Gasteiger partial charge < -0.3 is 4.57 Å². The fourth-order valence-electron chi connectivity index (χ4n) is 2.68. The molecule has 3 aromatic rings. The third kappa shape index (κ3) is 1.83. The van der Waals surface area contributed by atoms with Crippen molar-refractivity contribution < 1.29 is 4.39 Å². The highest BCUT2D eigenvalue weighted by Gasteiger charge is 2.16. The molecular formula is C17H15FN2. The summed E-state index contributed by atoms with van der Waals surface area (Å²) in [6.07, 6.45) is 1.77. The van der Waals surface area contributed by atoms with E-state index in [4.69, 9.17) is 0 Å². The minimum atomic E-state index is -0.229. The normalized spacial score (nSPS) is 10.9. The number of halogens is 1. The zero-order chi connectivity index (χ0) is 14.3. The molecule has 0 saturated heterocycles. The lowest BCUT2D eigenvalue weighted by Crippen LogP contribution is -1.96. The van der Waals surface area contributed by atoms with Crippen molar-refractivity contribution in [1.82, 2.24) is 9.55 Å². The van der Waals surface area contributed by atoms with Gasteiger partial charge >= 0.3 is 0 Å². The summed E-state index contributed by atoms with van der Waals surface area (Å²) in [6, 6.07) is 10.5. The third-order valence-corrected chi connectivity index (χ3v) is 3.48. The van der Waals surface area contributed by atoms with E-state index in [9.17, 15) is 4.39 Å². The van der Waals surface area contributed by atoms with Gasteiger partial charge in [-0.25, -0.2) is 9.37 Å². The van der Waals surface area contributed by atoms with Gasteiger partial charge in [-0.15, -0.1) is 0 Å². The van der Waals surface area contributed by atoms with Crippen LogP contribution in [0, 0.1) is 12.7 Å². The molecule has 100 valence electrons. The van der Waals surface area contributed by atoms with Crippen molar-refractivity contribution in [3.05, 3.63) is 60.7 Å². The van der Waals surface area contributed by atoms with Crippen LogP contribution in [0.25, 0.3) is 27.9 Å². The number of pyridine rings is 1. The molecule has 0 atom stereocenters. The number of allylic oxidation sites excluding steroid dienone is 1. The van der Waals surface area contributed by atoms with Gasteiger partial charge in [-0.1, -0.05) is 18.7 Å². The molecule has 3 rings (SSSR count). The Kier molecular flexibility index (Phi) is 2.90. The van der Waals surface area contributed by atoms with Crippen LogP contribution in [0.2, 0.25) is 0 Å². The van der Waals surface area contributed by atoms with E-state index in [1.807, 2.05) is 30.5 Å². The second-order valence-electron chi connectivity index (χ2n) is 4.91. The van der Waals surface area contributed by atoms with Crippen LogP contribution in [-0.4, -0.2) is 9.55 Å². The van der Waals surface area contributed by atoms with Crippen molar-refractivity contribution in [3.63, 3.8) is 0 Å². The summed E-state index contributed by atoms with van der Waals surface area (Å²) in [5, 5.41) is 1.06. The van der Waals surface area contributed by atoms with E-state index in [1.165, 1.54) is 12.1 Å².